The van der Waals surface area contributed by atoms with Gasteiger partial charge in [-0.3, -0.25) is 4.79 Å². The van der Waals surface area contributed by atoms with Crippen molar-refractivity contribution in [3.8, 4) is 0 Å². The van der Waals surface area contributed by atoms with Gasteiger partial charge in [-0.15, -0.1) is 0 Å². The highest BCUT2D eigenvalue weighted by molar-refractivity contribution is 7.80. The van der Waals surface area contributed by atoms with Gasteiger partial charge in [0.2, 0.25) is 0 Å². The van der Waals surface area contributed by atoms with Gasteiger partial charge in [0.25, 0.3) is 5.91 Å². The molecule has 1 saturated heterocycles. The fourth-order valence-corrected chi connectivity index (χ4v) is 2.95. The van der Waals surface area contributed by atoms with Crippen molar-refractivity contribution in [2.24, 2.45) is 11.7 Å². The largest absolute Gasteiger partial charge is 0.389 e. The Morgan fingerprint density at radius 2 is 1.95 bits per heavy atom. The summed E-state index contributed by atoms with van der Waals surface area (Å²) < 4.78 is 0. The number of hydrogen-bond acceptors (Lipinski definition) is 3. The van der Waals surface area contributed by atoms with E-state index in [4.69, 9.17) is 18.0 Å². The van der Waals surface area contributed by atoms with Crippen molar-refractivity contribution in [3.63, 3.8) is 0 Å². The first-order chi connectivity index (χ1) is 9.97. The predicted octanol–water partition coefficient (Wildman–Crippen LogP) is 1.73. The zero-order valence-electron chi connectivity index (χ0n) is 12.7. The summed E-state index contributed by atoms with van der Waals surface area (Å²) in [5.41, 5.74) is 7.05. The molecule has 1 aliphatic heterocycles. The minimum absolute atomic E-state index is 0.0800. The van der Waals surface area contributed by atoms with Crippen molar-refractivity contribution in [3.05, 3.63) is 35.4 Å². The smallest absolute Gasteiger partial charge is 0.253 e. The van der Waals surface area contributed by atoms with Crippen molar-refractivity contribution in [2.45, 2.75) is 12.8 Å². The highest BCUT2D eigenvalue weighted by Crippen LogP contribution is 2.20. The number of thiocarbonyl (C=S) groups is 1. The summed E-state index contributed by atoms with van der Waals surface area (Å²) in [6.07, 6.45) is 2.14. The van der Waals surface area contributed by atoms with E-state index in [0.29, 0.717) is 16.5 Å². The molecule has 0 saturated carbocycles. The predicted molar refractivity (Wildman–Crippen MR) is 89.5 cm³/mol. The number of rotatable bonds is 4. The van der Waals surface area contributed by atoms with Gasteiger partial charge in [-0.1, -0.05) is 24.4 Å². The van der Waals surface area contributed by atoms with Crippen LogP contribution in [0.3, 0.4) is 0 Å². The average molecular weight is 305 g/mol. The molecular formula is C16H23N3OS. The van der Waals surface area contributed by atoms with Gasteiger partial charge in [0.15, 0.2) is 0 Å². The van der Waals surface area contributed by atoms with Crippen molar-refractivity contribution in [1.29, 1.82) is 0 Å². The number of nitrogens with zero attached hydrogens (tertiary/aromatic N) is 2. The van der Waals surface area contributed by atoms with Crippen LogP contribution in [0.25, 0.3) is 0 Å². The number of amides is 1. The van der Waals surface area contributed by atoms with Crippen LogP contribution in [0.15, 0.2) is 24.3 Å². The van der Waals surface area contributed by atoms with Crippen molar-refractivity contribution < 1.29 is 4.79 Å². The minimum Gasteiger partial charge on any atom is -0.389 e. The number of carbonyl (C=O) groups is 1. The zero-order chi connectivity index (χ0) is 15.4. The molecule has 1 aliphatic rings. The Hall–Kier alpha value is -1.46. The van der Waals surface area contributed by atoms with Gasteiger partial charge in [-0.2, -0.15) is 0 Å². The second-order valence-electron chi connectivity index (χ2n) is 5.94. The zero-order valence-corrected chi connectivity index (χ0v) is 13.5. The molecule has 4 nitrogen and oxygen atoms in total. The molecule has 21 heavy (non-hydrogen) atoms. The molecule has 1 heterocycles. The summed E-state index contributed by atoms with van der Waals surface area (Å²) in [4.78, 5) is 17.0. The third kappa shape index (κ3) is 4.25. The van der Waals surface area contributed by atoms with Crippen LogP contribution in [0.5, 0.6) is 0 Å². The standard InChI is InChI=1S/C16H23N3OS/c1-18(2)11-12-6-8-19(9-7-12)16(20)14-5-3-4-13(10-14)15(17)21/h3-5,10,12H,6-9,11H2,1-2H3,(H2,17,21). The van der Waals surface area contributed by atoms with E-state index in [-0.39, 0.29) is 5.91 Å². The van der Waals surface area contributed by atoms with E-state index in [0.717, 1.165) is 38.0 Å². The van der Waals surface area contributed by atoms with Crippen LogP contribution in [0.2, 0.25) is 0 Å². The second-order valence-corrected chi connectivity index (χ2v) is 6.38. The van der Waals surface area contributed by atoms with Crippen molar-refractivity contribution >= 4 is 23.1 Å². The number of piperidine rings is 1. The molecule has 0 bridgehead atoms. The lowest BCUT2D eigenvalue weighted by atomic mass is 9.96. The highest BCUT2D eigenvalue weighted by atomic mass is 32.1. The minimum atomic E-state index is 0.0800. The number of carbonyl (C=O) groups excluding carboxylic acids is 1. The lowest BCUT2D eigenvalue weighted by Gasteiger charge is -2.33. The third-order valence-corrected chi connectivity index (χ3v) is 4.15. The van der Waals surface area contributed by atoms with Gasteiger partial charge in [0, 0.05) is 30.8 Å². The first-order valence-electron chi connectivity index (χ1n) is 7.31. The maximum atomic E-state index is 12.5. The number of benzene rings is 1. The molecule has 5 heteroatoms. The van der Waals surface area contributed by atoms with Gasteiger partial charge in [-0.25, -0.2) is 0 Å². The fourth-order valence-electron chi connectivity index (χ4n) is 2.82. The van der Waals surface area contributed by atoms with Crippen LogP contribution in [0.1, 0.15) is 28.8 Å². The SMILES string of the molecule is CN(C)CC1CCN(C(=O)c2cccc(C(N)=S)c2)CC1. The summed E-state index contributed by atoms with van der Waals surface area (Å²) in [7, 11) is 4.19. The van der Waals surface area contributed by atoms with Crippen molar-refractivity contribution in [1.82, 2.24) is 9.80 Å². The molecule has 0 radical (unpaired) electrons. The quantitative estimate of drug-likeness (QED) is 0.861. The molecule has 2 rings (SSSR count). The van der Waals surface area contributed by atoms with Crippen LogP contribution in [0, 0.1) is 5.92 Å². The Morgan fingerprint density at radius 3 is 2.52 bits per heavy atom. The third-order valence-electron chi connectivity index (χ3n) is 3.92. The van der Waals surface area contributed by atoms with Gasteiger partial charge in [0.05, 0.1) is 0 Å². The number of likely N-dealkylation sites (tertiary alicyclic amines) is 1. The summed E-state index contributed by atoms with van der Waals surface area (Å²) in [5, 5.41) is 0. The molecule has 0 spiro atoms. The van der Waals surface area contributed by atoms with Gasteiger partial charge in [0.1, 0.15) is 4.99 Å². The summed E-state index contributed by atoms with van der Waals surface area (Å²) in [5.74, 6) is 0.767. The monoisotopic (exact) mass is 305 g/mol. The maximum Gasteiger partial charge on any atom is 0.253 e. The topological polar surface area (TPSA) is 49.6 Å². The van der Waals surface area contributed by atoms with E-state index in [1.165, 1.54) is 0 Å². The summed E-state index contributed by atoms with van der Waals surface area (Å²) in [6, 6.07) is 7.29. The van der Waals surface area contributed by atoms with Crippen LogP contribution < -0.4 is 5.73 Å². The van der Waals surface area contributed by atoms with Crippen LogP contribution in [0.4, 0.5) is 0 Å². The molecule has 1 aromatic carbocycles. The van der Waals surface area contributed by atoms with E-state index in [9.17, 15) is 4.79 Å². The number of nitrogens with two attached hydrogens (primary N) is 1. The summed E-state index contributed by atoms with van der Waals surface area (Å²) in [6.45, 7) is 2.75. The Kier molecular flexibility index (Phi) is 5.31. The highest BCUT2D eigenvalue weighted by Gasteiger charge is 2.24. The van der Waals surface area contributed by atoms with Gasteiger partial charge >= 0.3 is 0 Å². The van der Waals surface area contributed by atoms with Crippen LogP contribution in [-0.2, 0) is 0 Å². The Balaban J connectivity index is 1.99. The van der Waals surface area contributed by atoms with Crippen molar-refractivity contribution in [2.75, 3.05) is 33.7 Å². The first kappa shape index (κ1) is 15.9. The molecule has 2 N–H and O–H groups in total. The lowest BCUT2D eigenvalue weighted by molar-refractivity contribution is 0.0678. The Labute approximate surface area is 131 Å². The second kappa shape index (κ2) is 7.00. The van der Waals surface area contributed by atoms with Crippen LogP contribution in [-0.4, -0.2) is 54.4 Å². The molecule has 114 valence electrons. The summed E-state index contributed by atoms with van der Waals surface area (Å²) >= 11 is 4.97. The molecule has 0 aromatic heterocycles. The normalized spacial score (nSPS) is 16.2. The maximum absolute atomic E-state index is 12.5. The molecule has 1 amide bonds. The molecule has 1 aromatic rings. The first-order valence-corrected chi connectivity index (χ1v) is 7.72. The molecule has 0 atom stereocenters. The van der Waals surface area contributed by atoms with E-state index in [2.05, 4.69) is 19.0 Å². The van der Waals surface area contributed by atoms with E-state index in [1.54, 1.807) is 6.07 Å². The number of hydrogen-bond donors (Lipinski definition) is 1. The average Bonchev–Trinajstić information content (AvgIpc) is 2.47. The van der Waals surface area contributed by atoms with E-state index >= 15 is 0 Å². The van der Waals surface area contributed by atoms with Crippen LogP contribution >= 0.6 is 12.2 Å². The van der Waals surface area contributed by atoms with Gasteiger partial charge < -0.3 is 15.5 Å². The van der Waals surface area contributed by atoms with Gasteiger partial charge in [-0.05, 0) is 45.0 Å². The molecule has 0 aliphatic carbocycles. The Morgan fingerprint density at radius 1 is 1.33 bits per heavy atom. The van der Waals surface area contributed by atoms with E-state index < -0.39 is 0 Å². The molecule has 0 unspecified atom stereocenters. The lowest BCUT2D eigenvalue weighted by Crippen LogP contribution is -2.40. The molecular weight excluding hydrogens is 282 g/mol. The van der Waals surface area contributed by atoms with E-state index in [1.807, 2.05) is 23.1 Å². The Bertz CT molecular complexity index is 522. The fraction of sp³-hybridized carbons (Fsp3) is 0.500. The molecule has 1 fully saturated rings.